The maximum Gasteiger partial charge on any atom is 0.312 e. The van der Waals surface area contributed by atoms with Crippen molar-refractivity contribution in [3.63, 3.8) is 0 Å². The van der Waals surface area contributed by atoms with Crippen molar-refractivity contribution in [3.05, 3.63) is 17.8 Å². The fraction of sp³-hybridized carbons (Fsp3) is 0.583. The summed E-state index contributed by atoms with van der Waals surface area (Å²) in [6.45, 7) is 3.26. The average Bonchev–Trinajstić information content (AvgIpc) is 2.37. The predicted octanol–water partition coefficient (Wildman–Crippen LogP) is 0.761. The van der Waals surface area contributed by atoms with Crippen LogP contribution in [0.2, 0.25) is 0 Å². The number of methoxy groups -OCH3 is 1. The minimum atomic E-state index is -0.487. The molecule has 2 heterocycles. The summed E-state index contributed by atoms with van der Waals surface area (Å²) in [6, 6.07) is 0. The van der Waals surface area contributed by atoms with Gasteiger partial charge in [-0.25, -0.2) is 14.4 Å². The van der Waals surface area contributed by atoms with Crippen molar-refractivity contribution in [3.8, 4) is 0 Å². The van der Waals surface area contributed by atoms with Gasteiger partial charge in [0.15, 0.2) is 11.6 Å². The molecule has 0 saturated carbocycles. The van der Waals surface area contributed by atoms with Crippen LogP contribution in [0.5, 0.6) is 0 Å². The minimum Gasteiger partial charge on any atom is -0.469 e. The summed E-state index contributed by atoms with van der Waals surface area (Å²) in [5.41, 5.74) is 0.230. The average molecular weight is 269 g/mol. The van der Waals surface area contributed by atoms with Crippen LogP contribution < -0.4 is 4.90 Å². The van der Waals surface area contributed by atoms with E-state index in [0.29, 0.717) is 19.7 Å². The highest BCUT2D eigenvalue weighted by atomic mass is 19.1. The van der Waals surface area contributed by atoms with Crippen LogP contribution in [0.1, 0.15) is 12.6 Å². The number of halogens is 1. The Bertz CT molecular complexity index is 464. The lowest BCUT2D eigenvalue weighted by molar-refractivity contribution is -0.146. The molecule has 1 fully saturated rings. The Hall–Kier alpha value is -1.76. The third-order valence-corrected chi connectivity index (χ3v) is 3.00. The Balaban J connectivity index is 2.04. The van der Waals surface area contributed by atoms with Gasteiger partial charge in [0.25, 0.3) is 0 Å². The molecule has 6 nitrogen and oxygen atoms in total. The monoisotopic (exact) mass is 269 g/mol. The number of aromatic nitrogens is 2. The number of esters is 1. The number of rotatable bonds is 5. The summed E-state index contributed by atoms with van der Waals surface area (Å²) in [4.78, 5) is 20.7. The predicted molar refractivity (Wildman–Crippen MR) is 65.0 cm³/mol. The van der Waals surface area contributed by atoms with Crippen molar-refractivity contribution in [2.24, 2.45) is 5.92 Å². The largest absolute Gasteiger partial charge is 0.469 e. The third-order valence-electron chi connectivity index (χ3n) is 3.00. The van der Waals surface area contributed by atoms with E-state index in [1.165, 1.54) is 13.4 Å². The number of nitrogens with zero attached hydrogens (tertiary/aromatic N) is 3. The molecule has 0 aliphatic carbocycles. The van der Waals surface area contributed by atoms with Crippen LogP contribution in [0, 0.1) is 11.7 Å². The van der Waals surface area contributed by atoms with Crippen LogP contribution in [-0.4, -0.2) is 42.7 Å². The van der Waals surface area contributed by atoms with Gasteiger partial charge in [0, 0.05) is 19.7 Å². The number of carbonyl (C=O) groups excluding carboxylic acids is 1. The molecule has 0 amide bonds. The van der Waals surface area contributed by atoms with Gasteiger partial charge < -0.3 is 14.4 Å². The van der Waals surface area contributed by atoms with Crippen LogP contribution >= 0.6 is 0 Å². The molecule has 0 N–H and O–H groups in total. The van der Waals surface area contributed by atoms with Crippen molar-refractivity contribution in [1.82, 2.24) is 9.97 Å². The van der Waals surface area contributed by atoms with Gasteiger partial charge in [-0.3, -0.25) is 4.79 Å². The molecule has 1 saturated heterocycles. The minimum absolute atomic E-state index is 0.117. The molecule has 0 spiro atoms. The molecule has 0 aromatic carbocycles. The molecule has 1 aliphatic rings. The number of ether oxygens (including phenoxy) is 2. The van der Waals surface area contributed by atoms with E-state index in [-0.39, 0.29) is 30.0 Å². The Morgan fingerprint density at radius 2 is 2.26 bits per heavy atom. The number of anilines is 1. The quantitative estimate of drug-likeness (QED) is 0.735. The molecule has 2 rings (SSSR count). The first kappa shape index (κ1) is 13.7. The van der Waals surface area contributed by atoms with E-state index in [0.717, 1.165) is 0 Å². The van der Waals surface area contributed by atoms with Crippen LogP contribution in [-0.2, 0) is 20.9 Å². The summed E-state index contributed by atoms with van der Waals surface area (Å²) < 4.78 is 23.9. The van der Waals surface area contributed by atoms with Crippen LogP contribution in [0.3, 0.4) is 0 Å². The fourth-order valence-electron chi connectivity index (χ4n) is 1.88. The van der Waals surface area contributed by atoms with Gasteiger partial charge in [0.2, 0.25) is 0 Å². The molecule has 1 aliphatic heterocycles. The second kappa shape index (κ2) is 5.92. The van der Waals surface area contributed by atoms with Gasteiger partial charge in [0.1, 0.15) is 12.0 Å². The summed E-state index contributed by atoms with van der Waals surface area (Å²) in [7, 11) is 1.34. The molecule has 0 atom stereocenters. The summed E-state index contributed by atoms with van der Waals surface area (Å²) >= 11 is 0. The fourth-order valence-corrected chi connectivity index (χ4v) is 1.88. The van der Waals surface area contributed by atoms with E-state index in [1.54, 1.807) is 4.90 Å². The second-order valence-corrected chi connectivity index (χ2v) is 4.22. The standard InChI is InChI=1S/C12H16FN3O3/c1-3-19-6-9-10(13)11(15-7-14-9)16-4-8(5-16)12(17)18-2/h7-8H,3-6H2,1-2H3. The Kier molecular flexibility index (Phi) is 4.26. The lowest BCUT2D eigenvalue weighted by atomic mass is 10.0. The topological polar surface area (TPSA) is 64.6 Å². The smallest absolute Gasteiger partial charge is 0.312 e. The zero-order valence-corrected chi connectivity index (χ0v) is 10.9. The first-order chi connectivity index (χ1) is 9.17. The van der Waals surface area contributed by atoms with Crippen molar-refractivity contribution < 1.29 is 18.7 Å². The third kappa shape index (κ3) is 2.81. The Morgan fingerprint density at radius 3 is 2.89 bits per heavy atom. The summed E-state index contributed by atoms with van der Waals surface area (Å²) in [5.74, 6) is -0.765. The van der Waals surface area contributed by atoms with Gasteiger partial charge in [0.05, 0.1) is 19.6 Å². The van der Waals surface area contributed by atoms with Crippen molar-refractivity contribution in [2.75, 3.05) is 31.7 Å². The second-order valence-electron chi connectivity index (χ2n) is 4.22. The lowest BCUT2D eigenvalue weighted by Gasteiger charge is -2.38. The Labute approximate surface area is 110 Å². The number of carbonyl (C=O) groups is 1. The Morgan fingerprint density at radius 1 is 1.53 bits per heavy atom. The maximum atomic E-state index is 14.1. The first-order valence-corrected chi connectivity index (χ1v) is 6.07. The highest BCUT2D eigenvalue weighted by Gasteiger charge is 2.36. The zero-order chi connectivity index (χ0) is 13.8. The van der Waals surface area contributed by atoms with Crippen molar-refractivity contribution >= 4 is 11.8 Å². The molecule has 0 bridgehead atoms. The highest BCUT2D eigenvalue weighted by molar-refractivity contribution is 5.76. The van der Waals surface area contributed by atoms with E-state index >= 15 is 0 Å². The lowest BCUT2D eigenvalue weighted by Crippen LogP contribution is -2.51. The van der Waals surface area contributed by atoms with Gasteiger partial charge in [-0.2, -0.15) is 0 Å². The van der Waals surface area contributed by atoms with E-state index in [9.17, 15) is 9.18 Å². The van der Waals surface area contributed by atoms with Crippen LogP contribution in [0.25, 0.3) is 0 Å². The summed E-state index contributed by atoms with van der Waals surface area (Å²) in [5, 5.41) is 0. The first-order valence-electron chi connectivity index (χ1n) is 6.07. The zero-order valence-electron chi connectivity index (χ0n) is 10.9. The van der Waals surface area contributed by atoms with Gasteiger partial charge in [-0.1, -0.05) is 0 Å². The molecular weight excluding hydrogens is 253 g/mol. The van der Waals surface area contributed by atoms with E-state index in [1.807, 2.05) is 6.92 Å². The van der Waals surface area contributed by atoms with Gasteiger partial charge >= 0.3 is 5.97 Å². The number of hydrogen-bond acceptors (Lipinski definition) is 6. The van der Waals surface area contributed by atoms with Gasteiger partial charge in [-0.15, -0.1) is 0 Å². The van der Waals surface area contributed by atoms with Gasteiger partial charge in [-0.05, 0) is 6.92 Å². The molecule has 0 radical (unpaired) electrons. The normalized spacial score (nSPS) is 15.2. The molecule has 104 valence electrons. The SMILES string of the molecule is CCOCc1ncnc(N2CC(C(=O)OC)C2)c1F. The summed E-state index contributed by atoms with van der Waals surface area (Å²) in [6.07, 6.45) is 1.30. The van der Waals surface area contributed by atoms with E-state index in [2.05, 4.69) is 14.7 Å². The van der Waals surface area contributed by atoms with Crippen molar-refractivity contribution in [2.45, 2.75) is 13.5 Å². The van der Waals surface area contributed by atoms with Crippen molar-refractivity contribution in [1.29, 1.82) is 0 Å². The van der Waals surface area contributed by atoms with E-state index in [4.69, 9.17) is 4.74 Å². The molecule has 1 aromatic heterocycles. The highest BCUT2D eigenvalue weighted by Crippen LogP contribution is 2.26. The molecular formula is C12H16FN3O3. The number of hydrogen-bond donors (Lipinski definition) is 0. The maximum absolute atomic E-state index is 14.1. The molecule has 19 heavy (non-hydrogen) atoms. The van der Waals surface area contributed by atoms with Crippen LogP contribution in [0.15, 0.2) is 6.33 Å². The molecule has 1 aromatic rings. The van der Waals surface area contributed by atoms with Crippen LogP contribution in [0.4, 0.5) is 10.2 Å². The molecule has 7 heteroatoms. The molecule has 0 unspecified atom stereocenters. The van der Waals surface area contributed by atoms with E-state index < -0.39 is 5.82 Å².